The third-order valence-corrected chi connectivity index (χ3v) is 12.0. The van der Waals surface area contributed by atoms with Crippen LogP contribution < -0.4 is 20.1 Å². The summed E-state index contributed by atoms with van der Waals surface area (Å²) in [5.74, 6) is -2.77. The van der Waals surface area contributed by atoms with Gasteiger partial charge in [-0.1, -0.05) is 23.7 Å². The summed E-state index contributed by atoms with van der Waals surface area (Å²) in [6, 6.07) is 9.81. The Kier molecular flexibility index (Phi) is 18.3. The van der Waals surface area contributed by atoms with Gasteiger partial charge in [0, 0.05) is 39.2 Å². The number of phenolic OH excluding ortho intramolecular Hbond substituents is 1. The molecule has 386 valence electrons. The lowest BCUT2D eigenvalue weighted by molar-refractivity contribution is -0.141. The zero-order valence-corrected chi connectivity index (χ0v) is 40.7. The van der Waals surface area contributed by atoms with Gasteiger partial charge < -0.3 is 34.3 Å². The van der Waals surface area contributed by atoms with Crippen molar-refractivity contribution in [1.29, 1.82) is 0 Å². The van der Waals surface area contributed by atoms with E-state index in [1.54, 1.807) is 0 Å². The Morgan fingerprint density at radius 2 is 1.59 bits per heavy atom. The third-order valence-electron chi connectivity index (χ3n) is 11.7. The number of aromatic nitrogens is 2. The number of carbonyl (C=O) groups excluding carboxylic acids is 5. The van der Waals surface area contributed by atoms with Gasteiger partial charge in [-0.05, 0) is 114 Å². The highest BCUT2D eigenvalue weighted by Gasteiger charge is 2.37. The molecule has 1 aromatic heterocycles. The number of piperidine rings is 1. The molecule has 3 N–H and O–H groups in total. The molecule has 0 saturated carbocycles. The van der Waals surface area contributed by atoms with Crippen LogP contribution in [-0.4, -0.2) is 107 Å². The summed E-state index contributed by atoms with van der Waals surface area (Å²) in [5, 5.41) is 19.3. The normalized spacial score (nSPS) is 14.5. The highest BCUT2D eigenvalue weighted by atomic mass is 35.5. The number of hydrogen-bond donors (Lipinski definition) is 3. The standard InChI is InChI=1S/C49H56ClF6N5O10/c1-46(2,19-21-57-41(64)28-69-37-12-10-11-30(32(37)27-62)45(67)60(5)35-16-18-40(63)58-44(35)66)71-24-20-47(3,4)70-23-9-7-8-22-68-38-17-14-31(36-26-39(49(54,55)56)59-61(36)6)43(65)42(38)29-13-15-34(50)33(25-29)48(51,52)53/h10-15,17,25-27,35,65H,7-9,16,18-24,28H2,1-6H3,(H,57,64)(H,58,63,66). The molecule has 5 rings (SSSR count). The second-order valence-electron chi connectivity index (χ2n) is 18.0. The van der Waals surface area contributed by atoms with Crippen molar-refractivity contribution in [3.05, 3.63) is 82.0 Å². The molecule has 1 fully saturated rings. The Morgan fingerprint density at radius 3 is 2.25 bits per heavy atom. The van der Waals surface area contributed by atoms with E-state index in [9.17, 15) is 55.4 Å². The second kappa shape index (κ2) is 23.4. The number of aldehydes is 1. The Balaban J connectivity index is 1.05. The zero-order valence-electron chi connectivity index (χ0n) is 39.9. The number of aryl methyl sites for hydroxylation is 1. The van der Waals surface area contributed by atoms with Crippen molar-refractivity contribution >= 4 is 41.5 Å². The zero-order chi connectivity index (χ0) is 52.5. The highest BCUT2D eigenvalue weighted by Crippen LogP contribution is 2.47. The first-order chi connectivity index (χ1) is 33.2. The average molecular weight is 1020 g/mol. The molecule has 0 radical (unpaired) electrons. The van der Waals surface area contributed by atoms with E-state index in [-0.39, 0.29) is 71.0 Å². The number of benzene rings is 3. The monoisotopic (exact) mass is 1020 g/mol. The number of phenols is 1. The van der Waals surface area contributed by atoms with Crippen molar-refractivity contribution in [1.82, 2.24) is 25.3 Å². The maximum Gasteiger partial charge on any atom is 0.435 e. The molecule has 1 saturated heterocycles. The molecular weight excluding hydrogens is 968 g/mol. The topological polar surface area (TPSA) is 188 Å². The molecule has 71 heavy (non-hydrogen) atoms. The maximum absolute atomic E-state index is 13.9. The molecule has 2 heterocycles. The number of unbranched alkanes of at least 4 members (excludes halogenated alkanes) is 2. The lowest BCUT2D eigenvalue weighted by atomic mass is 9.97. The molecule has 22 heteroatoms. The molecule has 0 bridgehead atoms. The number of aromatic hydroxyl groups is 1. The van der Waals surface area contributed by atoms with Crippen LogP contribution in [0.2, 0.25) is 5.02 Å². The van der Waals surface area contributed by atoms with Crippen LogP contribution in [0.3, 0.4) is 0 Å². The SMILES string of the molecule is CN(C(=O)c1cccc(OCC(=O)NCCC(C)(C)OCCC(C)(C)OCCCCCOc2ccc(-c3cc(C(F)(F)F)nn3C)c(O)c2-c2ccc(Cl)c(C(F)(F)F)c2)c1C=O)C1CCC(=O)NC1=O. The summed E-state index contributed by atoms with van der Waals surface area (Å²) in [6.45, 7) is 8.17. The number of imide groups is 1. The van der Waals surface area contributed by atoms with Gasteiger partial charge in [-0.15, -0.1) is 0 Å². The van der Waals surface area contributed by atoms with Crippen LogP contribution in [0, 0.1) is 0 Å². The number of amides is 4. The van der Waals surface area contributed by atoms with Crippen molar-refractivity contribution in [3.63, 3.8) is 0 Å². The number of alkyl halides is 6. The smallest absolute Gasteiger partial charge is 0.435 e. The van der Waals surface area contributed by atoms with Crippen LogP contribution in [0.4, 0.5) is 26.3 Å². The quantitative estimate of drug-likeness (QED) is 0.0279. The van der Waals surface area contributed by atoms with Gasteiger partial charge in [-0.25, -0.2) is 0 Å². The van der Waals surface area contributed by atoms with Gasteiger partial charge in [0.05, 0.1) is 57.4 Å². The van der Waals surface area contributed by atoms with E-state index in [1.807, 2.05) is 27.7 Å². The van der Waals surface area contributed by atoms with Gasteiger partial charge in [0.25, 0.3) is 11.8 Å². The van der Waals surface area contributed by atoms with E-state index >= 15 is 0 Å². The molecule has 1 aliphatic heterocycles. The Morgan fingerprint density at radius 1 is 0.901 bits per heavy atom. The second-order valence-corrected chi connectivity index (χ2v) is 18.5. The minimum Gasteiger partial charge on any atom is -0.506 e. The van der Waals surface area contributed by atoms with Crippen LogP contribution in [0.15, 0.2) is 54.6 Å². The number of nitrogens with zero attached hydrogens (tertiary/aromatic N) is 3. The predicted octanol–water partition coefficient (Wildman–Crippen LogP) is 8.96. The first kappa shape index (κ1) is 55.7. The predicted molar refractivity (Wildman–Crippen MR) is 248 cm³/mol. The summed E-state index contributed by atoms with van der Waals surface area (Å²) in [7, 11) is 2.64. The van der Waals surface area contributed by atoms with Gasteiger partial charge in [0.15, 0.2) is 18.6 Å². The van der Waals surface area contributed by atoms with Crippen LogP contribution in [0.5, 0.6) is 17.2 Å². The molecule has 0 spiro atoms. The van der Waals surface area contributed by atoms with Gasteiger partial charge in [-0.3, -0.25) is 34.0 Å². The van der Waals surface area contributed by atoms with Crippen molar-refractivity contribution in [2.75, 3.05) is 40.0 Å². The van der Waals surface area contributed by atoms with Crippen LogP contribution in [-0.2, 0) is 43.3 Å². The Bertz CT molecular complexity index is 2580. The van der Waals surface area contributed by atoms with Crippen molar-refractivity contribution in [2.24, 2.45) is 7.05 Å². The fraction of sp³-hybridized carbons (Fsp3) is 0.469. The molecule has 1 aliphatic rings. The van der Waals surface area contributed by atoms with Crippen LogP contribution in [0.25, 0.3) is 22.4 Å². The molecule has 1 unspecified atom stereocenters. The molecule has 0 aliphatic carbocycles. The minimum atomic E-state index is -4.84. The Labute approximate surface area is 411 Å². The van der Waals surface area contributed by atoms with Gasteiger partial charge in [-0.2, -0.15) is 31.4 Å². The van der Waals surface area contributed by atoms with Crippen LogP contribution in [0.1, 0.15) is 105 Å². The third kappa shape index (κ3) is 14.9. The molecule has 3 aromatic carbocycles. The average Bonchev–Trinajstić information content (AvgIpc) is 3.68. The lowest BCUT2D eigenvalue weighted by Gasteiger charge is -2.30. The summed E-state index contributed by atoms with van der Waals surface area (Å²) in [4.78, 5) is 63.1. The van der Waals surface area contributed by atoms with Crippen molar-refractivity contribution in [2.45, 2.75) is 102 Å². The number of nitrogens with one attached hydrogen (secondary N) is 2. The first-order valence-corrected chi connectivity index (χ1v) is 22.9. The van der Waals surface area contributed by atoms with E-state index < -0.39 is 81.9 Å². The highest BCUT2D eigenvalue weighted by molar-refractivity contribution is 6.31. The number of hydrogen-bond acceptors (Lipinski definition) is 11. The molecule has 1 atom stereocenters. The molecular formula is C49H56ClF6N5O10. The van der Waals surface area contributed by atoms with E-state index in [4.69, 9.17) is 30.5 Å². The molecule has 4 amide bonds. The van der Waals surface area contributed by atoms with E-state index in [0.29, 0.717) is 51.6 Å². The molecule has 4 aromatic rings. The molecule has 15 nitrogen and oxygen atoms in total. The number of likely N-dealkylation sites (N-methyl/N-ethyl adjacent to an activating group) is 1. The summed E-state index contributed by atoms with van der Waals surface area (Å²) in [6.07, 6.45) is -6.31. The van der Waals surface area contributed by atoms with E-state index in [1.165, 1.54) is 50.5 Å². The van der Waals surface area contributed by atoms with Gasteiger partial charge in [0.2, 0.25) is 11.8 Å². The summed E-state index contributed by atoms with van der Waals surface area (Å²) in [5.41, 5.74) is -4.28. The number of ether oxygens (including phenoxy) is 4. The number of rotatable bonds is 23. The fourth-order valence-electron chi connectivity index (χ4n) is 7.62. The largest absolute Gasteiger partial charge is 0.506 e. The van der Waals surface area contributed by atoms with Crippen molar-refractivity contribution < 1.29 is 74.4 Å². The summed E-state index contributed by atoms with van der Waals surface area (Å²) >= 11 is 5.85. The fourth-order valence-corrected chi connectivity index (χ4v) is 7.85. The summed E-state index contributed by atoms with van der Waals surface area (Å²) < 4.78 is 107. The van der Waals surface area contributed by atoms with Gasteiger partial charge >= 0.3 is 12.4 Å². The first-order valence-electron chi connectivity index (χ1n) is 22.6. The Hall–Kier alpha value is -6.19. The maximum atomic E-state index is 13.9. The van der Waals surface area contributed by atoms with Crippen molar-refractivity contribution in [3.8, 4) is 39.6 Å². The van der Waals surface area contributed by atoms with Crippen LogP contribution >= 0.6 is 11.6 Å². The minimum absolute atomic E-state index is 0.00138. The number of halogens is 7. The van der Waals surface area contributed by atoms with E-state index in [2.05, 4.69) is 15.7 Å². The lowest BCUT2D eigenvalue weighted by Crippen LogP contribution is -2.53. The van der Waals surface area contributed by atoms with E-state index in [0.717, 1.165) is 27.8 Å². The van der Waals surface area contributed by atoms with Gasteiger partial charge in [0.1, 0.15) is 23.3 Å². The number of carbonyl (C=O) groups is 5.